The summed E-state index contributed by atoms with van der Waals surface area (Å²) in [4.78, 5) is 0. The summed E-state index contributed by atoms with van der Waals surface area (Å²) in [5.74, 6) is 0. The molecule has 0 amide bonds. The van der Waals surface area contributed by atoms with Crippen LogP contribution >= 0.6 is 0 Å². The van der Waals surface area contributed by atoms with Crippen molar-refractivity contribution in [2.45, 2.75) is 74.1 Å². The standard InChI is InChI=1S/C23H32N8/c1-14-9-18(5)28(24-14)22(29-19(6)10-15(2)25-29)13-23(30-20(7)11-16(3)26-30)31-21(8)12-17(4)27-31/h9-12,22-23H,13H2,1-8H3. The molecule has 0 saturated carbocycles. The maximum absolute atomic E-state index is 4.83. The SMILES string of the molecule is Cc1cc(C)n(C(CC(n2nc(C)cc2C)n2nc(C)cc2C)n2nc(C)cc2C)n1. The summed E-state index contributed by atoms with van der Waals surface area (Å²) in [5.41, 5.74) is 8.42. The molecular formula is C23H32N8. The first-order valence-electron chi connectivity index (χ1n) is 10.7. The Morgan fingerprint density at radius 3 is 0.871 bits per heavy atom. The van der Waals surface area contributed by atoms with E-state index in [9.17, 15) is 0 Å². The van der Waals surface area contributed by atoms with E-state index in [1.54, 1.807) is 0 Å². The van der Waals surface area contributed by atoms with Gasteiger partial charge in [0.25, 0.3) is 0 Å². The smallest absolute Gasteiger partial charge is 0.147 e. The van der Waals surface area contributed by atoms with Gasteiger partial charge in [-0.05, 0) is 79.7 Å². The molecule has 0 radical (unpaired) electrons. The van der Waals surface area contributed by atoms with Crippen LogP contribution in [0.4, 0.5) is 0 Å². The van der Waals surface area contributed by atoms with Crippen molar-refractivity contribution in [3.8, 4) is 0 Å². The summed E-state index contributed by atoms with van der Waals surface area (Å²) < 4.78 is 8.33. The zero-order valence-electron chi connectivity index (χ0n) is 19.7. The number of aryl methyl sites for hydroxylation is 8. The summed E-state index contributed by atoms with van der Waals surface area (Å²) >= 11 is 0. The maximum Gasteiger partial charge on any atom is 0.147 e. The molecule has 0 bridgehead atoms. The zero-order valence-corrected chi connectivity index (χ0v) is 19.7. The summed E-state index contributed by atoms with van der Waals surface area (Å²) in [7, 11) is 0. The monoisotopic (exact) mass is 420 g/mol. The summed E-state index contributed by atoms with van der Waals surface area (Å²) in [5, 5.41) is 19.3. The lowest BCUT2D eigenvalue weighted by molar-refractivity contribution is 0.227. The van der Waals surface area contributed by atoms with E-state index in [1.165, 1.54) is 0 Å². The Labute approximate surface area is 183 Å². The van der Waals surface area contributed by atoms with Gasteiger partial charge in [-0.2, -0.15) is 20.4 Å². The van der Waals surface area contributed by atoms with Crippen molar-refractivity contribution in [1.82, 2.24) is 39.1 Å². The first-order valence-corrected chi connectivity index (χ1v) is 10.7. The van der Waals surface area contributed by atoms with Crippen molar-refractivity contribution in [3.63, 3.8) is 0 Å². The number of nitrogens with zero attached hydrogens (tertiary/aromatic N) is 8. The van der Waals surface area contributed by atoms with E-state index in [0.717, 1.165) is 45.6 Å². The van der Waals surface area contributed by atoms with Crippen LogP contribution in [0.25, 0.3) is 0 Å². The van der Waals surface area contributed by atoms with E-state index in [0.29, 0.717) is 6.42 Å². The van der Waals surface area contributed by atoms with Crippen molar-refractivity contribution >= 4 is 0 Å². The van der Waals surface area contributed by atoms with Crippen LogP contribution in [0.15, 0.2) is 24.3 Å². The normalized spacial score (nSPS) is 11.9. The first kappa shape index (κ1) is 21.1. The molecule has 4 rings (SSSR count). The Balaban J connectivity index is 1.88. The molecule has 8 nitrogen and oxygen atoms in total. The third-order valence-corrected chi connectivity index (χ3v) is 5.73. The Bertz CT molecular complexity index is 1030. The van der Waals surface area contributed by atoms with E-state index < -0.39 is 0 Å². The number of hydrogen-bond acceptors (Lipinski definition) is 4. The van der Waals surface area contributed by atoms with Crippen molar-refractivity contribution in [3.05, 3.63) is 69.8 Å². The number of rotatable bonds is 6. The Hall–Kier alpha value is -3.16. The predicted molar refractivity (Wildman–Crippen MR) is 120 cm³/mol. The third-order valence-electron chi connectivity index (χ3n) is 5.73. The molecule has 0 aromatic carbocycles. The molecule has 31 heavy (non-hydrogen) atoms. The van der Waals surface area contributed by atoms with Crippen LogP contribution in [0.1, 0.15) is 64.3 Å². The van der Waals surface area contributed by atoms with E-state index in [2.05, 4.69) is 70.7 Å². The topological polar surface area (TPSA) is 71.3 Å². The second kappa shape index (κ2) is 7.83. The molecule has 0 fully saturated rings. The summed E-state index contributed by atoms with van der Waals surface area (Å²) in [6, 6.07) is 8.45. The number of hydrogen-bond donors (Lipinski definition) is 0. The van der Waals surface area contributed by atoms with Crippen LogP contribution in [-0.2, 0) is 0 Å². The van der Waals surface area contributed by atoms with Crippen LogP contribution in [0.2, 0.25) is 0 Å². The van der Waals surface area contributed by atoms with Crippen molar-refractivity contribution in [2.24, 2.45) is 0 Å². The molecule has 164 valence electrons. The first-order chi connectivity index (χ1) is 14.6. The molecule has 4 heterocycles. The van der Waals surface area contributed by atoms with E-state index in [4.69, 9.17) is 20.4 Å². The average Bonchev–Trinajstić information content (AvgIpc) is 3.38. The van der Waals surface area contributed by atoms with E-state index in [1.807, 2.05) is 27.7 Å². The molecule has 0 spiro atoms. The lowest BCUT2D eigenvalue weighted by Crippen LogP contribution is -2.31. The van der Waals surface area contributed by atoms with Crippen LogP contribution < -0.4 is 0 Å². The van der Waals surface area contributed by atoms with Gasteiger partial charge in [0.1, 0.15) is 12.3 Å². The second-order valence-electron chi connectivity index (χ2n) is 8.68. The Morgan fingerprint density at radius 1 is 0.484 bits per heavy atom. The van der Waals surface area contributed by atoms with Crippen LogP contribution in [0.3, 0.4) is 0 Å². The van der Waals surface area contributed by atoms with Gasteiger partial charge in [0.15, 0.2) is 0 Å². The van der Waals surface area contributed by atoms with Crippen LogP contribution in [-0.4, -0.2) is 39.1 Å². The Kier molecular flexibility index (Phi) is 5.33. The van der Waals surface area contributed by atoms with Gasteiger partial charge in [-0.25, -0.2) is 18.7 Å². The highest BCUT2D eigenvalue weighted by Gasteiger charge is 2.28. The van der Waals surface area contributed by atoms with Gasteiger partial charge in [-0.3, -0.25) is 0 Å². The third kappa shape index (κ3) is 3.94. The molecule has 0 N–H and O–H groups in total. The molecular weight excluding hydrogens is 388 g/mol. The van der Waals surface area contributed by atoms with Gasteiger partial charge < -0.3 is 0 Å². The molecule has 0 unspecified atom stereocenters. The molecule has 4 aromatic heterocycles. The second-order valence-corrected chi connectivity index (χ2v) is 8.68. The fourth-order valence-electron chi connectivity index (χ4n) is 4.59. The fourth-order valence-corrected chi connectivity index (χ4v) is 4.59. The van der Waals surface area contributed by atoms with Gasteiger partial charge in [-0.15, -0.1) is 0 Å². The van der Waals surface area contributed by atoms with Gasteiger partial charge >= 0.3 is 0 Å². The molecule has 0 atom stereocenters. The minimum atomic E-state index is -0.111. The quantitative estimate of drug-likeness (QED) is 0.470. The van der Waals surface area contributed by atoms with E-state index >= 15 is 0 Å². The van der Waals surface area contributed by atoms with Crippen molar-refractivity contribution < 1.29 is 0 Å². The van der Waals surface area contributed by atoms with Crippen LogP contribution in [0.5, 0.6) is 0 Å². The largest absolute Gasteiger partial charge is 0.245 e. The summed E-state index contributed by atoms with van der Waals surface area (Å²) in [6.45, 7) is 16.5. The highest BCUT2D eigenvalue weighted by atomic mass is 15.5. The molecule has 4 aromatic rings. The lowest BCUT2D eigenvalue weighted by Gasteiger charge is -2.28. The molecule has 8 heteroatoms. The van der Waals surface area contributed by atoms with Gasteiger partial charge in [-0.1, -0.05) is 0 Å². The minimum absolute atomic E-state index is 0.111. The zero-order chi connectivity index (χ0) is 22.4. The lowest BCUT2D eigenvalue weighted by atomic mass is 10.2. The predicted octanol–water partition coefficient (Wildman–Crippen LogP) is 4.12. The van der Waals surface area contributed by atoms with Crippen molar-refractivity contribution in [2.75, 3.05) is 0 Å². The Morgan fingerprint density at radius 2 is 0.710 bits per heavy atom. The van der Waals surface area contributed by atoms with E-state index in [-0.39, 0.29) is 12.3 Å². The van der Waals surface area contributed by atoms with Crippen LogP contribution in [0, 0.1) is 55.4 Å². The van der Waals surface area contributed by atoms with Crippen molar-refractivity contribution in [1.29, 1.82) is 0 Å². The van der Waals surface area contributed by atoms with Gasteiger partial charge in [0, 0.05) is 29.2 Å². The van der Waals surface area contributed by atoms with Gasteiger partial charge in [0.05, 0.1) is 22.8 Å². The molecule has 0 aliphatic rings. The minimum Gasteiger partial charge on any atom is -0.245 e. The molecule has 0 saturated heterocycles. The highest BCUT2D eigenvalue weighted by Crippen LogP contribution is 2.29. The highest BCUT2D eigenvalue weighted by molar-refractivity contribution is 5.14. The molecule has 0 aliphatic carbocycles. The summed E-state index contributed by atoms with van der Waals surface area (Å²) in [6.07, 6.45) is 0.480. The average molecular weight is 421 g/mol. The fraction of sp³-hybridized carbons (Fsp3) is 0.478. The number of aromatic nitrogens is 8. The molecule has 0 aliphatic heterocycles. The maximum atomic E-state index is 4.83. The van der Waals surface area contributed by atoms with Gasteiger partial charge in [0.2, 0.25) is 0 Å².